The van der Waals surface area contributed by atoms with Crippen LogP contribution in [0.2, 0.25) is 0 Å². The van der Waals surface area contributed by atoms with Crippen molar-refractivity contribution >= 4 is 11.7 Å². The first-order valence-corrected chi connectivity index (χ1v) is 7.86. The highest BCUT2D eigenvalue weighted by atomic mass is 16.4. The lowest BCUT2D eigenvalue weighted by Crippen LogP contribution is -2.49. The smallest absolute Gasteiger partial charge is 0.327 e. The number of carbonyl (C=O) groups is 1. The number of para-hydroxylation sites is 1. The van der Waals surface area contributed by atoms with Crippen LogP contribution in [0.15, 0.2) is 30.3 Å². The molecule has 1 aliphatic rings. The molecule has 1 aliphatic heterocycles. The van der Waals surface area contributed by atoms with Gasteiger partial charge >= 0.3 is 5.97 Å². The number of hydrogen-bond donors (Lipinski definition) is 2. The highest BCUT2D eigenvalue weighted by Crippen LogP contribution is 2.25. The number of aromatic nitrogens is 2. The van der Waals surface area contributed by atoms with Crippen LogP contribution in [-0.2, 0) is 4.79 Å². The van der Waals surface area contributed by atoms with Crippen LogP contribution in [-0.4, -0.2) is 52.1 Å². The molecule has 0 saturated carbocycles. The third-order valence-corrected chi connectivity index (χ3v) is 4.33. The quantitative estimate of drug-likeness (QED) is 0.903. The minimum absolute atomic E-state index is 0.628. The van der Waals surface area contributed by atoms with E-state index in [1.807, 2.05) is 36.9 Å². The summed E-state index contributed by atoms with van der Waals surface area (Å²) in [6, 6.07) is 9.55. The largest absolute Gasteiger partial charge is 0.480 e. The summed E-state index contributed by atoms with van der Waals surface area (Å²) in [6.45, 7) is 6.77. The first-order chi connectivity index (χ1) is 11.1. The number of hydrogen-bond acceptors (Lipinski definition) is 4. The van der Waals surface area contributed by atoms with Gasteiger partial charge < -0.3 is 15.0 Å². The number of aliphatic carboxylic acids is 1. The molecule has 6 nitrogen and oxygen atoms in total. The van der Waals surface area contributed by atoms with Crippen molar-refractivity contribution in [2.45, 2.75) is 19.9 Å². The number of carboxylic acid groups (broad SMARTS) is 1. The normalized spacial score (nSPS) is 17.2. The van der Waals surface area contributed by atoms with E-state index in [9.17, 15) is 9.90 Å². The Morgan fingerprint density at radius 2 is 1.83 bits per heavy atom. The van der Waals surface area contributed by atoms with Gasteiger partial charge in [-0.1, -0.05) is 18.2 Å². The molecule has 0 spiro atoms. The molecule has 23 heavy (non-hydrogen) atoms. The van der Waals surface area contributed by atoms with E-state index in [-0.39, 0.29) is 0 Å². The first kappa shape index (κ1) is 15.6. The molecule has 2 N–H and O–H groups in total. The molecule has 1 atom stereocenters. The topological polar surface area (TPSA) is 72.5 Å². The third kappa shape index (κ3) is 3.22. The maximum atomic E-state index is 11.8. The number of aromatic amines is 1. The zero-order chi connectivity index (χ0) is 16.4. The van der Waals surface area contributed by atoms with Crippen molar-refractivity contribution in [3.05, 3.63) is 47.5 Å². The maximum absolute atomic E-state index is 11.8. The Hall–Kier alpha value is -2.34. The van der Waals surface area contributed by atoms with Gasteiger partial charge in [-0.25, -0.2) is 4.98 Å². The summed E-state index contributed by atoms with van der Waals surface area (Å²) in [5, 5.41) is 9.69. The molecule has 122 valence electrons. The van der Waals surface area contributed by atoms with E-state index in [2.05, 4.69) is 27.0 Å². The fraction of sp³-hybridized carbons (Fsp3) is 0.412. The van der Waals surface area contributed by atoms with Crippen LogP contribution in [0.25, 0.3) is 0 Å². The Kier molecular flexibility index (Phi) is 4.34. The molecule has 1 aromatic heterocycles. The SMILES string of the molecule is Cc1nc(C(C(=O)O)N2CCN(c3ccccc3)CC2)c(C)[nH]1. The number of carboxylic acids is 1. The molecule has 0 bridgehead atoms. The van der Waals surface area contributed by atoms with E-state index in [4.69, 9.17) is 0 Å². The molecular weight excluding hydrogens is 292 g/mol. The van der Waals surface area contributed by atoms with Crippen molar-refractivity contribution < 1.29 is 9.90 Å². The molecule has 1 saturated heterocycles. The van der Waals surface area contributed by atoms with Crippen LogP contribution in [0.3, 0.4) is 0 Å². The van der Waals surface area contributed by atoms with Gasteiger partial charge in [0.05, 0.1) is 5.69 Å². The number of imidazole rings is 1. The number of benzene rings is 1. The minimum atomic E-state index is -0.840. The van der Waals surface area contributed by atoms with Crippen molar-refractivity contribution in [1.82, 2.24) is 14.9 Å². The van der Waals surface area contributed by atoms with Gasteiger partial charge in [-0.15, -0.1) is 0 Å². The van der Waals surface area contributed by atoms with Gasteiger partial charge in [-0.3, -0.25) is 9.69 Å². The second-order valence-corrected chi connectivity index (χ2v) is 5.93. The number of piperazine rings is 1. The summed E-state index contributed by atoms with van der Waals surface area (Å²) in [5.74, 6) is -0.0839. The van der Waals surface area contributed by atoms with Gasteiger partial charge in [0, 0.05) is 37.6 Å². The van der Waals surface area contributed by atoms with Crippen molar-refractivity contribution in [3.63, 3.8) is 0 Å². The summed E-state index contributed by atoms with van der Waals surface area (Å²) < 4.78 is 0. The lowest BCUT2D eigenvalue weighted by Gasteiger charge is -2.38. The van der Waals surface area contributed by atoms with E-state index in [0.29, 0.717) is 18.8 Å². The fourth-order valence-corrected chi connectivity index (χ4v) is 3.22. The number of rotatable bonds is 4. The summed E-state index contributed by atoms with van der Waals surface area (Å²) in [4.78, 5) is 23.6. The number of nitrogens with zero attached hydrogens (tertiary/aromatic N) is 3. The van der Waals surface area contributed by atoms with Crippen molar-refractivity contribution in [2.75, 3.05) is 31.1 Å². The van der Waals surface area contributed by atoms with E-state index in [1.165, 1.54) is 5.69 Å². The van der Waals surface area contributed by atoms with E-state index in [1.54, 1.807) is 0 Å². The van der Waals surface area contributed by atoms with Crippen LogP contribution >= 0.6 is 0 Å². The predicted octanol–water partition coefficient (Wildman–Crippen LogP) is 1.97. The number of anilines is 1. The molecule has 0 radical (unpaired) electrons. The maximum Gasteiger partial charge on any atom is 0.327 e. The van der Waals surface area contributed by atoms with Gasteiger partial charge in [0.25, 0.3) is 0 Å². The predicted molar refractivity (Wildman–Crippen MR) is 88.7 cm³/mol. The first-order valence-electron chi connectivity index (χ1n) is 7.86. The van der Waals surface area contributed by atoms with Crippen LogP contribution in [0, 0.1) is 13.8 Å². The lowest BCUT2D eigenvalue weighted by molar-refractivity contribution is -0.144. The average molecular weight is 314 g/mol. The number of H-pyrrole nitrogens is 1. The second kappa shape index (κ2) is 6.42. The van der Waals surface area contributed by atoms with Gasteiger partial charge in [0.1, 0.15) is 5.82 Å². The highest BCUT2D eigenvalue weighted by Gasteiger charge is 2.33. The average Bonchev–Trinajstić information content (AvgIpc) is 2.87. The lowest BCUT2D eigenvalue weighted by atomic mass is 10.1. The van der Waals surface area contributed by atoms with Gasteiger partial charge in [0.2, 0.25) is 0 Å². The van der Waals surface area contributed by atoms with E-state index < -0.39 is 12.0 Å². The van der Waals surface area contributed by atoms with Crippen LogP contribution in [0.5, 0.6) is 0 Å². The van der Waals surface area contributed by atoms with Crippen LogP contribution < -0.4 is 4.90 Å². The third-order valence-electron chi connectivity index (χ3n) is 4.33. The molecule has 2 heterocycles. The Labute approximate surface area is 135 Å². The Morgan fingerprint density at radius 1 is 1.17 bits per heavy atom. The second-order valence-electron chi connectivity index (χ2n) is 5.93. The van der Waals surface area contributed by atoms with E-state index >= 15 is 0 Å². The van der Waals surface area contributed by atoms with Crippen LogP contribution in [0.4, 0.5) is 5.69 Å². The summed E-state index contributed by atoms with van der Waals surface area (Å²) in [7, 11) is 0. The highest BCUT2D eigenvalue weighted by molar-refractivity contribution is 5.75. The molecule has 1 fully saturated rings. The Balaban J connectivity index is 1.74. The molecule has 3 rings (SSSR count). The Morgan fingerprint density at radius 3 is 2.35 bits per heavy atom. The fourth-order valence-electron chi connectivity index (χ4n) is 3.22. The zero-order valence-electron chi connectivity index (χ0n) is 13.5. The van der Waals surface area contributed by atoms with Crippen LogP contribution in [0.1, 0.15) is 23.3 Å². The summed E-state index contributed by atoms with van der Waals surface area (Å²) in [5.41, 5.74) is 2.65. The van der Waals surface area contributed by atoms with Crippen molar-refractivity contribution in [2.24, 2.45) is 0 Å². The molecule has 1 aromatic carbocycles. The minimum Gasteiger partial charge on any atom is -0.480 e. The van der Waals surface area contributed by atoms with Gasteiger partial charge in [-0.05, 0) is 26.0 Å². The molecule has 1 unspecified atom stereocenters. The van der Waals surface area contributed by atoms with Gasteiger partial charge in [-0.2, -0.15) is 0 Å². The Bertz CT molecular complexity index is 675. The molecule has 0 aliphatic carbocycles. The monoisotopic (exact) mass is 314 g/mol. The number of aryl methyl sites for hydroxylation is 2. The molecular formula is C17H22N4O2. The van der Waals surface area contributed by atoms with Gasteiger partial charge in [0.15, 0.2) is 6.04 Å². The molecule has 0 amide bonds. The van der Waals surface area contributed by atoms with Crippen molar-refractivity contribution in [3.8, 4) is 0 Å². The van der Waals surface area contributed by atoms with E-state index in [0.717, 1.165) is 24.6 Å². The summed E-state index contributed by atoms with van der Waals surface area (Å²) >= 11 is 0. The molecule has 6 heteroatoms. The molecule has 2 aromatic rings. The number of nitrogens with one attached hydrogen (secondary N) is 1. The van der Waals surface area contributed by atoms with Crippen molar-refractivity contribution in [1.29, 1.82) is 0 Å². The summed E-state index contributed by atoms with van der Waals surface area (Å²) in [6.07, 6.45) is 0. The zero-order valence-corrected chi connectivity index (χ0v) is 13.5. The standard InChI is InChI=1S/C17H22N4O2/c1-12-15(19-13(2)18-12)16(17(22)23)21-10-8-20(9-11-21)14-6-4-3-5-7-14/h3-7,16H,8-11H2,1-2H3,(H,18,19)(H,22,23).